The van der Waals surface area contributed by atoms with Gasteiger partial charge < -0.3 is 4.42 Å². The maximum atomic E-state index is 6.77. The third kappa shape index (κ3) is 3.78. The van der Waals surface area contributed by atoms with Crippen molar-refractivity contribution in [2.45, 2.75) is 0 Å². The Morgan fingerprint density at radius 2 is 0.857 bits per heavy atom. The summed E-state index contributed by atoms with van der Waals surface area (Å²) in [5.41, 5.74) is 7.51. The summed E-state index contributed by atoms with van der Waals surface area (Å²) in [4.78, 5) is 10.5. The Morgan fingerprint density at radius 1 is 0.347 bits per heavy atom. The minimum Gasteiger partial charge on any atom is -0.456 e. The summed E-state index contributed by atoms with van der Waals surface area (Å²) < 4.78 is 6.77. The first-order valence-corrected chi connectivity index (χ1v) is 16.7. The summed E-state index contributed by atoms with van der Waals surface area (Å²) in [6.07, 6.45) is 0. The molecule has 11 rings (SSSR count). The maximum absolute atomic E-state index is 6.77. The number of fused-ring (bicyclic) bond motifs is 15. The summed E-state index contributed by atoms with van der Waals surface area (Å²) >= 11 is 0. The predicted molar refractivity (Wildman–Crippen MR) is 205 cm³/mol. The minimum absolute atomic E-state index is 0.859. The van der Waals surface area contributed by atoms with Crippen LogP contribution >= 0.6 is 0 Å². The van der Waals surface area contributed by atoms with E-state index in [-0.39, 0.29) is 0 Å². The lowest BCUT2D eigenvalue weighted by molar-refractivity contribution is 0.669. The van der Waals surface area contributed by atoms with E-state index in [0.29, 0.717) is 0 Å². The summed E-state index contributed by atoms with van der Waals surface area (Å²) in [7, 11) is 0. The number of benzene rings is 8. The molecule has 0 saturated carbocycles. The van der Waals surface area contributed by atoms with Gasteiger partial charge in [0.1, 0.15) is 11.2 Å². The Hall–Kier alpha value is -6.58. The molecule has 8 aromatic carbocycles. The molecule has 11 aromatic rings. The van der Waals surface area contributed by atoms with E-state index in [0.717, 1.165) is 77.0 Å². The lowest BCUT2D eigenvalue weighted by Crippen LogP contribution is -1.92. The van der Waals surface area contributed by atoms with Gasteiger partial charge in [-0.25, -0.2) is 9.97 Å². The molecule has 0 spiro atoms. The molecule has 0 amide bonds. The van der Waals surface area contributed by atoms with Gasteiger partial charge in [-0.15, -0.1) is 0 Å². The monoisotopic (exact) mass is 622 g/mol. The number of hydrogen-bond donors (Lipinski definition) is 0. The molecule has 0 saturated heterocycles. The lowest BCUT2D eigenvalue weighted by Gasteiger charge is -2.12. The molecule has 3 heteroatoms. The van der Waals surface area contributed by atoms with Gasteiger partial charge >= 0.3 is 0 Å². The number of hydrogen-bond acceptors (Lipinski definition) is 3. The van der Waals surface area contributed by atoms with E-state index in [1.54, 1.807) is 0 Å². The molecule has 0 fully saturated rings. The Morgan fingerprint density at radius 3 is 1.55 bits per heavy atom. The molecule has 0 aliphatic rings. The zero-order chi connectivity index (χ0) is 32.1. The van der Waals surface area contributed by atoms with Crippen molar-refractivity contribution in [3.05, 3.63) is 158 Å². The van der Waals surface area contributed by atoms with Crippen LogP contribution in [0.15, 0.2) is 162 Å². The van der Waals surface area contributed by atoms with Crippen LogP contribution < -0.4 is 0 Å². The van der Waals surface area contributed by atoms with Crippen molar-refractivity contribution in [1.29, 1.82) is 0 Å². The van der Waals surface area contributed by atoms with E-state index in [1.807, 2.05) is 18.2 Å². The third-order valence-corrected chi connectivity index (χ3v) is 10.2. The molecular formula is C46H26N2O. The van der Waals surface area contributed by atoms with Crippen LogP contribution in [0.3, 0.4) is 0 Å². The Bertz CT molecular complexity index is 3120. The van der Waals surface area contributed by atoms with Crippen LogP contribution in [-0.2, 0) is 0 Å². The van der Waals surface area contributed by atoms with Crippen LogP contribution in [0.2, 0.25) is 0 Å². The second kappa shape index (κ2) is 9.96. The first-order valence-electron chi connectivity index (χ1n) is 16.7. The van der Waals surface area contributed by atoms with Crippen molar-refractivity contribution in [3.63, 3.8) is 0 Å². The van der Waals surface area contributed by atoms with Crippen LogP contribution in [0.1, 0.15) is 0 Å². The van der Waals surface area contributed by atoms with Gasteiger partial charge in [0, 0.05) is 38.1 Å². The summed E-state index contributed by atoms with van der Waals surface area (Å²) in [5, 5.41) is 14.2. The molecule has 0 N–H and O–H groups in total. The summed E-state index contributed by atoms with van der Waals surface area (Å²) in [6.45, 7) is 0. The molecule has 0 radical (unpaired) electrons. The molecule has 3 nitrogen and oxygen atoms in total. The highest BCUT2D eigenvalue weighted by atomic mass is 16.3. The third-order valence-electron chi connectivity index (χ3n) is 10.2. The van der Waals surface area contributed by atoms with Gasteiger partial charge in [0.2, 0.25) is 0 Å². The van der Waals surface area contributed by atoms with Gasteiger partial charge in [0.25, 0.3) is 0 Å². The zero-order valence-corrected chi connectivity index (χ0v) is 26.3. The molecule has 0 unspecified atom stereocenters. The molecular weight excluding hydrogens is 597 g/mol. The van der Waals surface area contributed by atoms with Crippen molar-refractivity contribution >= 4 is 86.8 Å². The second-order valence-electron chi connectivity index (χ2n) is 12.9. The van der Waals surface area contributed by atoms with E-state index in [4.69, 9.17) is 14.4 Å². The molecule has 0 atom stereocenters. The van der Waals surface area contributed by atoms with Crippen molar-refractivity contribution in [1.82, 2.24) is 9.97 Å². The average Bonchev–Trinajstić information content (AvgIpc) is 3.56. The highest BCUT2D eigenvalue weighted by molar-refractivity contribution is 6.37. The molecule has 0 aliphatic carbocycles. The smallest absolute Gasteiger partial charge is 0.136 e. The van der Waals surface area contributed by atoms with Crippen LogP contribution in [0.25, 0.3) is 109 Å². The van der Waals surface area contributed by atoms with E-state index >= 15 is 0 Å². The van der Waals surface area contributed by atoms with Crippen LogP contribution in [0, 0.1) is 0 Å². The molecule has 3 aromatic heterocycles. The van der Waals surface area contributed by atoms with E-state index < -0.39 is 0 Å². The molecule has 49 heavy (non-hydrogen) atoms. The van der Waals surface area contributed by atoms with Gasteiger partial charge in [-0.3, -0.25) is 0 Å². The minimum atomic E-state index is 0.859. The number of furan rings is 1. The standard InChI is InChI=1S/C46H26N2O/c1-2-10-27(11-3-1)38-23-20-28-18-19-29-21-24-39(48-46(29)45(28)47-38)37-26-41-43(35-17-9-7-15-33(35)37)44-40(49-41)25-22-36-32-14-5-4-12-30(32)31-13-6-8-16-34(31)42(36)44/h1-26H. The van der Waals surface area contributed by atoms with E-state index in [9.17, 15) is 0 Å². The Kier molecular flexibility index (Phi) is 5.38. The van der Waals surface area contributed by atoms with Crippen LogP contribution in [0.5, 0.6) is 0 Å². The highest BCUT2D eigenvalue weighted by Gasteiger charge is 2.20. The SMILES string of the molecule is c1ccc(-c2ccc3ccc4ccc(-c5cc6oc7ccc8c9ccccc9c9ccccc9c8c7c6c6ccccc56)nc4c3n2)cc1. The van der Waals surface area contributed by atoms with Crippen molar-refractivity contribution in [2.24, 2.45) is 0 Å². The first-order chi connectivity index (χ1) is 24.3. The van der Waals surface area contributed by atoms with Crippen LogP contribution in [-0.4, -0.2) is 9.97 Å². The number of aromatic nitrogens is 2. The molecule has 0 aliphatic heterocycles. The normalized spacial score (nSPS) is 12.1. The summed E-state index contributed by atoms with van der Waals surface area (Å²) in [6, 6.07) is 55.8. The molecule has 226 valence electrons. The second-order valence-corrected chi connectivity index (χ2v) is 12.9. The highest BCUT2D eigenvalue weighted by Crippen LogP contribution is 2.46. The Labute approximate surface area is 280 Å². The topological polar surface area (TPSA) is 38.9 Å². The number of nitrogens with zero attached hydrogens (tertiary/aromatic N) is 2. The fourth-order valence-corrected chi connectivity index (χ4v) is 8.02. The fraction of sp³-hybridized carbons (Fsp3) is 0. The van der Waals surface area contributed by atoms with Crippen molar-refractivity contribution in [3.8, 4) is 22.5 Å². The molecule has 0 bridgehead atoms. The van der Waals surface area contributed by atoms with Gasteiger partial charge in [-0.05, 0) is 68.0 Å². The van der Waals surface area contributed by atoms with Gasteiger partial charge in [-0.1, -0.05) is 127 Å². The first kappa shape index (κ1) is 26.5. The molecule has 3 heterocycles. The zero-order valence-electron chi connectivity index (χ0n) is 26.3. The predicted octanol–water partition coefficient (Wildman–Crippen LogP) is 12.6. The number of rotatable bonds is 2. The van der Waals surface area contributed by atoms with Gasteiger partial charge in [0.15, 0.2) is 0 Å². The fourth-order valence-electron chi connectivity index (χ4n) is 8.02. The van der Waals surface area contributed by atoms with Gasteiger partial charge in [-0.2, -0.15) is 0 Å². The largest absolute Gasteiger partial charge is 0.456 e. The average molecular weight is 623 g/mol. The maximum Gasteiger partial charge on any atom is 0.136 e. The Balaban J connectivity index is 1.22. The lowest BCUT2D eigenvalue weighted by atomic mass is 9.90. The number of pyridine rings is 2. The van der Waals surface area contributed by atoms with Gasteiger partial charge in [0.05, 0.1) is 22.4 Å². The van der Waals surface area contributed by atoms with E-state index in [1.165, 1.54) is 32.3 Å². The van der Waals surface area contributed by atoms with Crippen molar-refractivity contribution < 1.29 is 4.42 Å². The van der Waals surface area contributed by atoms with E-state index in [2.05, 4.69) is 140 Å². The quantitative estimate of drug-likeness (QED) is 0.180. The van der Waals surface area contributed by atoms with Crippen molar-refractivity contribution in [2.75, 3.05) is 0 Å². The van der Waals surface area contributed by atoms with Crippen LogP contribution in [0.4, 0.5) is 0 Å². The summed E-state index contributed by atoms with van der Waals surface area (Å²) in [5.74, 6) is 0.